The van der Waals surface area contributed by atoms with Crippen molar-refractivity contribution < 1.29 is 4.79 Å². The zero-order chi connectivity index (χ0) is 19.5. The maximum absolute atomic E-state index is 13.0. The van der Waals surface area contributed by atoms with Gasteiger partial charge in [-0.2, -0.15) is 0 Å². The second-order valence-electron chi connectivity index (χ2n) is 7.30. The van der Waals surface area contributed by atoms with E-state index in [1.54, 1.807) is 10.9 Å². The summed E-state index contributed by atoms with van der Waals surface area (Å²) in [5.74, 6) is -0.0234. The lowest BCUT2D eigenvalue weighted by Crippen LogP contribution is -2.45. The molecular weight excluding hydrogens is 408 g/mol. The minimum Gasteiger partial charge on any atom is -0.352 e. The number of aryl methyl sites for hydroxylation is 2. The van der Waals surface area contributed by atoms with Crippen LogP contribution in [0, 0.1) is 6.92 Å². The van der Waals surface area contributed by atoms with Crippen molar-refractivity contribution in [2.45, 2.75) is 38.8 Å². The van der Waals surface area contributed by atoms with Crippen LogP contribution in [0.2, 0.25) is 0 Å². The minimum atomic E-state index is -0.0889. The molecule has 0 saturated carbocycles. The summed E-state index contributed by atoms with van der Waals surface area (Å²) in [4.78, 5) is 30.5. The molecule has 6 nitrogen and oxygen atoms in total. The van der Waals surface area contributed by atoms with Crippen LogP contribution in [0.5, 0.6) is 0 Å². The molecule has 1 aromatic carbocycles. The van der Waals surface area contributed by atoms with Gasteiger partial charge in [0.2, 0.25) is 5.91 Å². The van der Waals surface area contributed by atoms with Gasteiger partial charge in [-0.1, -0.05) is 29.8 Å². The smallest absolute Gasteiger partial charge is 0.262 e. The fourth-order valence-corrected chi connectivity index (χ4v) is 4.48. The molecule has 3 heterocycles. The maximum Gasteiger partial charge on any atom is 0.262 e. The largest absolute Gasteiger partial charge is 0.352 e. The molecule has 1 amide bonds. The van der Waals surface area contributed by atoms with Crippen LogP contribution in [-0.4, -0.2) is 34.6 Å². The fraction of sp³-hybridized carbons (Fsp3) is 0.381. The molecule has 1 aliphatic heterocycles. The molecule has 0 spiro atoms. The highest BCUT2D eigenvalue weighted by molar-refractivity contribution is 7.17. The third-order valence-corrected chi connectivity index (χ3v) is 6.05. The third kappa shape index (κ3) is 4.86. The van der Waals surface area contributed by atoms with Gasteiger partial charge in [-0.25, -0.2) is 4.98 Å². The van der Waals surface area contributed by atoms with Crippen molar-refractivity contribution in [2.24, 2.45) is 0 Å². The van der Waals surface area contributed by atoms with Crippen LogP contribution < -0.4 is 16.2 Å². The van der Waals surface area contributed by atoms with Crippen LogP contribution in [0.15, 0.2) is 40.8 Å². The number of aromatic nitrogens is 2. The average molecular weight is 433 g/mol. The van der Waals surface area contributed by atoms with Crippen LogP contribution in [0.3, 0.4) is 0 Å². The zero-order valence-corrected chi connectivity index (χ0v) is 17.9. The number of hydrogen-bond acceptors (Lipinski definition) is 5. The second kappa shape index (κ2) is 9.52. The number of nitrogens with zero attached hydrogens (tertiary/aromatic N) is 2. The zero-order valence-electron chi connectivity index (χ0n) is 16.3. The molecule has 0 unspecified atom stereocenters. The number of hydrogen-bond donors (Lipinski definition) is 2. The second-order valence-corrected chi connectivity index (χ2v) is 8.16. The van der Waals surface area contributed by atoms with E-state index in [0.717, 1.165) is 41.9 Å². The molecule has 2 aromatic heterocycles. The quantitative estimate of drug-likeness (QED) is 0.649. The molecular formula is C21H25ClN4O2S. The first-order valence-electron chi connectivity index (χ1n) is 9.65. The van der Waals surface area contributed by atoms with E-state index in [0.29, 0.717) is 11.9 Å². The number of fused-ring (bicyclic) bond motifs is 1. The van der Waals surface area contributed by atoms with Crippen molar-refractivity contribution in [3.8, 4) is 11.1 Å². The molecule has 4 rings (SSSR count). The predicted molar refractivity (Wildman–Crippen MR) is 120 cm³/mol. The van der Waals surface area contributed by atoms with Gasteiger partial charge in [0.25, 0.3) is 5.56 Å². The first-order valence-corrected chi connectivity index (χ1v) is 10.5. The van der Waals surface area contributed by atoms with Gasteiger partial charge in [0, 0.05) is 36.5 Å². The van der Waals surface area contributed by atoms with Crippen LogP contribution in [0.25, 0.3) is 21.3 Å². The fourth-order valence-electron chi connectivity index (χ4n) is 3.57. The molecule has 1 saturated heterocycles. The van der Waals surface area contributed by atoms with Crippen LogP contribution in [-0.2, 0) is 11.3 Å². The first-order chi connectivity index (χ1) is 13.6. The number of nitrogens with one attached hydrogen (secondary N) is 2. The summed E-state index contributed by atoms with van der Waals surface area (Å²) in [5.41, 5.74) is 3.01. The number of piperidine rings is 1. The number of thiophene rings is 1. The Morgan fingerprint density at radius 1 is 1.34 bits per heavy atom. The Bertz CT molecular complexity index is 1040. The highest BCUT2D eigenvalue weighted by Gasteiger charge is 2.16. The van der Waals surface area contributed by atoms with Gasteiger partial charge in [0.05, 0.1) is 11.7 Å². The van der Waals surface area contributed by atoms with Gasteiger partial charge in [-0.3, -0.25) is 14.2 Å². The summed E-state index contributed by atoms with van der Waals surface area (Å²) in [5, 5.41) is 8.95. The van der Waals surface area contributed by atoms with Crippen LogP contribution in [0.4, 0.5) is 0 Å². The number of halogens is 1. The number of benzene rings is 1. The molecule has 8 heteroatoms. The first kappa shape index (κ1) is 21.5. The van der Waals surface area contributed by atoms with Crippen molar-refractivity contribution in [3.63, 3.8) is 0 Å². The van der Waals surface area contributed by atoms with Gasteiger partial charge in [0.1, 0.15) is 4.83 Å². The summed E-state index contributed by atoms with van der Waals surface area (Å²) in [6.45, 7) is 4.20. The van der Waals surface area contributed by atoms with E-state index < -0.39 is 0 Å². The van der Waals surface area contributed by atoms with Crippen molar-refractivity contribution in [1.82, 2.24) is 20.2 Å². The SMILES string of the molecule is Cc1ccc(-c2csc3ncn(CCC(=O)N[C@H]4CCCNC4)c(=O)c23)cc1.Cl. The average Bonchev–Trinajstić information content (AvgIpc) is 3.14. The molecule has 1 aliphatic rings. The lowest BCUT2D eigenvalue weighted by molar-refractivity contribution is -0.122. The number of amides is 1. The molecule has 0 aliphatic carbocycles. The lowest BCUT2D eigenvalue weighted by Gasteiger charge is -2.23. The van der Waals surface area contributed by atoms with Crippen molar-refractivity contribution in [1.29, 1.82) is 0 Å². The topological polar surface area (TPSA) is 76.0 Å². The number of rotatable bonds is 5. The van der Waals surface area contributed by atoms with Crippen molar-refractivity contribution in [3.05, 3.63) is 51.9 Å². The Morgan fingerprint density at radius 3 is 2.86 bits per heavy atom. The molecule has 1 atom stereocenters. The molecule has 29 heavy (non-hydrogen) atoms. The molecule has 3 aromatic rings. The van der Waals surface area contributed by atoms with E-state index in [9.17, 15) is 9.59 Å². The van der Waals surface area contributed by atoms with Gasteiger partial charge < -0.3 is 10.6 Å². The van der Waals surface area contributed by atoms with Crippen molar-refractivity contribution >= 4 is 39.9 Å². The Balaban J connectivity index is 0.00000240. The van der Waals surface area contributed by atoms with Crippen LogP contribution >= 0.6 is 23.7 Å². The molecule has 1 fully saturated rings. The monoisotopic (exact) mass is 432 g/mol. The van der Waals surface area contributed by atoms with E-state index in [2.05, 4.69) is 15.6 Å². The Labute approximate surface area is 179 Å². The van der Waals surface area contributed by atoms with E-state index in [1.807, 2.05) is 36.6 Å². The molecule has 154 valence electrons. The molecule has 2 N–H and O–H groups in total. The summed E-state index contributed by atoms with van der Waals surface area (Å²) in [6, 6.07) is 8.32. The normalized spacial score (nSPS) is 16.4. The van der Waals surface area contributed by atoms with Gasteiger partial charge in [0.15, 0.2) is 0 Å². The standard InChI is InChI=1S/C21H24N4O2S.ClH/c1-14-4-6-15(7-5-14)17-12-28-20-19(17)21(27)25(13-23-20)10-8-18(26)24-16-3-2-9-22-11-16;/h4-7,12-13,16,22H,2-3,8-11H2,1H3,(H,24,26);1H/t16-;/m0./s1. The third-order valence-electron chi connectivity index (χ3n) is 5.17. The van der Waals surface area contributed by atoms with E-state index >= 15 is 0 Å². The molecule has 0 bridgehead atoms. The Kier molecular flexibility index (Phi) is 7.05. The number of carbonyl (C=O) groups is 1. The summed E-state index contributed by atoms with van der Waals surface area (Å²) in [6.07, 6.45) is 3.90. The van der Waals surface area contributed by atoms with Gasteiger partial charge in [-0.15, -0.1) is 23.7 Å². The van der Waals surface area contributed by atoms with Gasteiger partial charge >= 0.3 is 0 Å². The minimum absolute atomic E-state index is 0. The summed E-state index contributed by atoms with van der Waals surface area (Å²) in [7, 11) is 0. The molecule has 0 radical (unpaired) electrons. The number of carbonyl (C=O) groups excluding carboxylic acids is 1. The predicted octanol–water partition coefficient (Wildman–Crippen LogP) is 3.11. The lowest BCUT2D eigenvalue weighted by atomic mass is 10.1. The van der Waals surface area contributed by atoms with Gasteiger partial charge in [-0.05, 0) is 31.9 Å². The Hall–Kier alpha value is -2.22. The maximum atomic E-state index is 13.0. The highest BCUT2D eigenvalue weighted by atomic mass is 35.5. The van der Waals surface area contributed by atoms with Crippen molar-refractivity contribution in [2.75, 3.05) is 13.1 Å². The summed E-state index contributed by atoms with van der Waals surface area (Å²) >= 11 is 1.47. The Morgan fingerprint density at radius 2 is 2.14 bits per heavy atom. The van der Waals surface area contributed by atoms with E-state index in [4.69, 9.17) is 0 Å². The van der Waals surface area contributed by atoms with Crippen LogP contribution in [0.1, 0.15) is 24.8 Å². The van der Waals surface area contributed by atoms with E-state index in [1.165, 1.54) is 16.9 Å². The summed E-state index contributed by atoms with van der Waals surface area (Å²) < 4.78 is 1.55. The van der Waals surface area contributed by atoms with E-state index in [-0.39, 0.29) is 36.3 Å². The highest BCUT2D eigenvalue weighted by Crippen LogP contribution is 2.30.